The molecule has 3 nitrogen and oxygen atoms in total. The summed E-state index contributed by atoms with van der Waals surface area (Å²) >= 11 is 0. The van der Waals surface area contributed by atoms with Gasteiger partial charge in [-0.15, -0.1) is 0 Å². The molecule has 1 heterocycles. The van der Waals surface area contributed by atoms with Crippen LogP contribution in [0.25, 0.3) is 0 Å². The second kappa shape index (κ2) is 6.71. The zero-order chi connectivity index (χ0) is 13.7. The molecule has 0 spiro atoms. The average molecular weight is 261 g/mol. The van der Waals surface area contributed by atoms with Crippen molar-refractivity contribution in [2.24, 2.45) is 5.92 Å². The van der Waals surface area contributed by atoms with Crippen LogP contribution in [0.4, 0.5) is 0 Å². The van der Waals surface area contributed by atoms with E-state index in [9.17, 15) is 4.79 Å². The van der Waals surface area contributed by atoms with E-state index in [0.29, 0.717) is 12.3 Å². The molecule has 104 valence electrons. The van der Waals surface area contributed by atoms with Gasteiger partial charge in [0.1, 0.15) is 6.10 Å². The first-order chi connectivity index (χ1) is 9.24. The van der Waals surface area contributed by atoms with Gasteiger partial charge in [0.25, 0.3) is 0 Å². The molecule has 2 rings (SSSR count). The molecular formula is C16H23NO2. The first-order valence-electron chi connectivity index (χ1n) is 7.21. The number of esters is 1. The van der Waals surface area contributed by atoms with Gasteiger partial charge in [0.05, 0.1) is 0 Å². The maximum absolute atomic E-state index is 11.7. The van der Waals surface area contributed by atoms with Crippen LogP contribution in [-0.2, 0) is 9.53 Å². The Morgan fingerprint density at radius 2 is 2.11 bits per heavy atom. The van der Waals surface area contributed by atoms with Crippen molar-refractivity contribution < 1.29 is 9.53 Å². The molecule has 19 heavy (non-hydrogen) atoms. The molecule has 0 amide bonds. The van der Waals surface area contributed by atoms with Crippen LogP contribution in [0.1, 0.15) is 38.4 Å². The van der Waals surface area contributed by atoms with Crippen molar-refractivity contribution in [3.63, 3.8) is 0 Å². The van der Waals surface area contributed by atoms with Gasteiger partial charge >= 0.3 is 5.97 Å². The van der Waals surface area contributed by atoms with E-state index >= 15 is 0 Å². The number of ether oxygens (including phenoxy) is 1. The van der Waals surface area contributed by atoms with E-state index in [1.807, 2.05) is 25.1 Å². The van der Waals surface area contributed by atoms with Crippen LogP contribution >= 0.6 is 0 Å². The Morgan fingerprint density at radius 3 is 2.68 bits per heavy atom. The molecule has 1 saturated heterocycles. The molecule has 1 fully saturated rings. The third-order valence-corrected chi connectivity index (χ3v) is 3.86. The highest BCUT2D eigenvalue weighted by atomic mass is 16.5. The lowest BCUT2D eigenvalue weighted by Crippen LogP contribution is -2.24. The molecule has 0 radical (unpaired) electrons. The van der Waals surface area contributed by atoms with Crippen LogP contribution in [0, 0.1) is 5.92 Å². The number of hydrogen-bond donors (Lipinski definition) is 0. The molecule has 0 saturated carbocycles. The lowest BCUT2D eigenvalue weighted by Gasteiger charge is -2.24. The topological polar surface area (TPSA) is 29.5 Å². The number of benzene rings is 1. The Morgan fingerprint density at radius 1 is 1.37 bits per heavy atom. The normalized spacial score (nSPS) is 21.3. The molecule has 0 unspecified atom stereocenters. The van der Waals surface area contributed by atoms with Crippen molar-refractivity contribution in [2.45, 2.75) is 32.8 Å². The summed E-state index contributed by atoms with van der Waals surface area (Å²) in [4.78, 5) is 14.1. The van der Waals surface area contributed by atoms with Crippen molar-refractivity contribution in [1.29, 1.82) is 0 Å². The van der Waals surface area contributed by atoms with Crippen LogP contribution in [-0.4, -0.2) is 30.5 Å². The van der Waals surface area contributed by atoms with Crippen molar-refractivity contribution in [1.82, 2.24) is 4.90 Å². The Labute approximate surface area is 115 Å². The molecule has 0 N–H and O–H groups in total. The summed E-state index contributed by atoms with van der Waals surface area (Å²) in [7, 11) is 0. The SMILES string of the molecule is CCC(=O)O[C@@H](c1ccccc1)[C@@H]1CCN(CC)C1. The molecule has 1 aliphatic heterocycles. The van der Waals surface area contributed by atoms with Gasteiger partial charge in [0.2, 0.25) is 0 Å². The third-order valence-electron chi connectivity index (χ3n) is 3.86. The minimum Gasteiger partial charge on any atom is -0.457 e. The van der Waals surface area contributed by atoms with E-state index in [4.69, 9.17) is 4.74 Å². The molecule has 1 aromatic rings. The second-order valence-electron chi connectivity index (χ2n) is 5.12. The fourth-order valence-corrected chi connectivity index (χ4v) is 2.70. The van der Waals surface area contributed by atoms with Gasteiger partial charge in [0.15, 0.2) is 0 Å². The van der Waals surface area contributed by atoms with E-state index in [-0.39, 0.29) is 12.1 Å². The Balaban J connectivity index is 2.13. The average Bonchev–Trinajstić information content (AvgIpc) is 2.94. The van der Waals surface area contributed by atoms with Crippen molar-refractivity contribution in [3.8, 4) is 0 Å². The maximum Gasteiger partial charge on any atom is 0.306 e. The van der Waals surface area contributed by atoms with Gasteiger partial charge in [-0.2, -0.15) is 0 Å². The van der Waals surface area contributed by atoms with Crippen LogP contribution in [0.5, 0.6) is 0 Å². The smallest absolute Gasteiger partial charge is 0.306 e. The fourth-order valence-electron chi connectivity index (χ4n) is 2.70. The number of likely N-dealkylation sites (tertiary alicyclic amines) is 1. The number of hydrogen-bond acceptors (Lipinski definition) is 3. The van der Waals surface area contributed by atoms with Crippen LogP contribution < -0.4 is 0 Å². The van der Waals surface area contributed by atoms with Gasteiger partial charge in [-0.1, -0.05) is 44.2 Å². The Bertz CT molecular complexity index is 404. The fraction of sp³-hybridized carbons (Fsp3) is 0.562. The Hall–Kier alpha value is -1.35. The largest absolute Gasteiger partial charge is 0.457 e. The van der Waals surface area contributed by atoms with E-state index in [0.717, 1.165) is 31.6 Å². The van der Waals surface area contributed by atoms with E-state index in [1.54, 1.807) is 0 Å². The molecular weight excluding hydrogens is 238 g/mol. The summed E-state index contributed by atoms with van der Waals surface area (Å²) in [6.07, 6.45) is 1.45. The summed E-state index contributed by atoms with van der Waals surface area (Å²) in [6, 6.07) is 10.1. The number of carbonyl (C=O) groups excluding carboxylic acids is 1. The summed E-state index contributed by atoms with van der Waals surface area (Å²) in [5, 5.41) is 0. The minimum atomic E-state index is -0.108. The number of carbonyl (C=O) groups is 1. The molecule has 0 bridgehead atoms. The van der Waals surface area contributed by atoms with Gasteiger partial charge in [-0.25, -0.2) is 0 Å². The lowest BCUT2D eigenvalue weighted by molar-refractivity contribution is -0.151. The minimum absolute atomic E-state index is 0.0924. The maximum atomic E-state index is 11.7. The quantitative estimate of drug-likeness (QED) is 0.763. The highest BCUT2D eigenvalue weighted by Crippen LogP contribution is 2.33. The molecule has 3 heteroatoms. The molecule has 0 aromatic heterocycles. The number of rotatable bonds is 5. The zero-order valence-corrected chi connectivity index (χ0v) is 11.8. The van der Waals surface area contributed by atoms with Crippen LogP contribution in [0.15, 0.2) is 30.3 Å². The molecule has 2 atom stereocenters. The van der Waals surface area contributed by atoms with Gasteiger partial charge in [-0.3, -0.25) is 4.79 Å². The van der Waals surface area contributed by atoms with Gasteiger partial charge < -0.3 is 9.64 Å². The first-order valence-corrected chi connectivity index (χ1v) is 7.21. The number of nitrogens with zero attached hydrogens (tertiary/aromatic N) is 1. The summed E-state index contributed by atoms with van der Waals surface area (Å²) in [5.41, 5.74) is 1.12. The standard InChI is InChI=1S/C16H23NO2/c1-3-15(18)19-16(13-8-6-5-7-9-13)14-10-11-17(4-2)12-14/h5-9,14,16H,3-4,10-12H2,1-2H3/t14-,16+/m1/s1. The van der Waals surface area contributed by atoms with Crippen LogP contribution in [0.2, 0.25) is 0 Å². The van der Waals surface area contributed by atoms with E-state index in [2.05, 4.69) is 24.0 Å². The van der Waals surface area contributed by atoms with Crippen molar-refractivity contribution in [3.05, 3.63) is 35.9 Å². The van der Waals surface area contributed by atoms with Crippen molar-refractivity contribution in [2.75, 3.05) is 19.6 Å². The van der Waals surface area contributed by atoms with E-state index in [1.165, 1.54) is 0 Å². The monoisotopic (exact) mass is 261 g/mol. The molecule has 0 aliphatic carbocycles. The van der Waals surface area contributed by atoms with Gasteiger partial charge in [0, 0.05) is 18.9 Å². The highest BCUT2D eigenvalue weighted by molar-refractivity contribution is 5.69. The van der Waals surface area contributed by atoms with E-state index < -0.39 is 0 Å². The highest BCUT2D eigenvalue weighted by Gasteiger charge is 2.32. The predicted molar refractivity (Wildman–Crippen MR) is 75.8 cm³/mol. The lowest BCUT2D eigenvalue weighted by atomic mass is 9.95. The predicted octanol–water partition coefficient (Wildman–Crippen LogP) is 3.02. The first kappa shape index (κ1) is 14.1. The summed E-state index contributed by atoms with van der Waals surface area (Å²) in [6.45, 7) is 7.22. The van der Waals surface area contributed by atoms with Crippen LogP contribution in [0.3, 0.4) is 0 Å². The zero-order valence-electron chi connectivity index (χ0n) is 11.8. The second-order valence-corrected chi connectivity index (χ2v) is 5.12. The summed E-state index contributed by atoms with van der Waals surface area (Å²) < 4.78 is 5.70. The molecule has 1 aliphatic rings. The van der Waals surface area contributed by atoms with Gasteiger partial charge in [-0.05, 0) is 25.1 Å². The van der Waals surface area contributed by atoms with Crippen molar-refractivity contribution >= 4 is 5.97 Å². The summed E-state index contributed by atoms with van der Waals surface area (Å²) in [5.74, 6) is 0.307. The third kappa shape index (κ3) is 3.57. The Kier molecular flexibility index (Phi) is 4.97. The molecule has 1 aromatic carbocycles.